The number of methoxy groups -OCH3 is 1. The van der Waals surface area contributed by atoms with Crippen molar-refractivity contribution in [2.75, 3.05) is 20.3 Å². The van der Waals surface area contributed by atoms with Crippen molar-refractivity contribution < 1.29 is 4.74 Å². The van der Waals surface area contributed by atoms with Gasteiger partial charge in [-0.3, -0.25) is 0 Å². The first-order valence-electron chi connectivity index (χ1n) is 6.38. The predicted molar refractivity (Wildman–Crippen MR) is 81.3 cm³/mol. The molecular weight excluding hydrogens is 304 g/mol. The number of hydrogen-bond donors (Lipinski definition) is 1. The van der Waals surface area contributed by atoms with E-state index in [1.165, 1.54) is 11.3 Å². The molecule has 1 N–H and O–H groups in total. The van der Waals surface area contributed by atoms with E-state index in [1.54, 1.807) is 7.11 Å². The first-order valence-corrected chi connectivity index (χ1v) is 7.17. The Bertz CT molecular complexity index is 510. The van der Waals surface area contributed by atoms with E-state index in [1.807, 2.05) is 6.07 Å². The maximum Gasteiger partial charge on any atom is 0.0587 e. The van der Waals surface area contributed by atoms with Crippen molar-refractivity contribution >= 4 is 15.9 Å². The summed E-state index contributed by atoms with van der Waals surface area (Å²) in [4.78, 5) is 0. The van der Waals surface area contributed by atoms with Crippen LogP contribution in [0.1, 0.15) is 11.3 Å². The smallest absolute Gasteiger partial charge is 0.0587 e. The van der Waals surface area contributed by atoms with Crippen LogP contribution in [-0.4, -0.2) is 24.8 Å². The number of nitrogens with one attached hydrogen (secondary N) is 1. The maximum atomic E-state index is 5.03. The fraction of sp³-hybridized carbons (Fsp3) is 0.333. The highest BCUT2D eigenvalue weighted by Gasteiger charge is 2.03. The highest BCUT2D eigenvalue weighted by atomic mass is 79.9. The summed E-state index contributed by atoms with van der Waals surface area (Å²) in [5.74, 6) is 0. The maximum absolute atomic E-state index is 5.03. The van der Waals surface area contributed by atoms with Crippen LogP contribution in [0.4, 0.5) is 0 Å². The molecule has 1 heterocycles. The standard InChI is InChI=1S/C15H19BrN2O/c1-19-10-8-17-11-14-6-4-9-18(14)12-13-5-2-3-7-15(13)16/h2-7,9,17H,8,10-12H2,1H3. The average molecular weight is 323 g/mol. The molecule has 0 unspecified atom stereocenters. The summed E-state index contributed by atoms with van der Waals surface area (Å²) in [6, 6.07) is 12.6. The van der Waals surface area contributed by atoms with E-state index in [0.717, 1.165) is 30.7 Å². The molecule has 0 radical (unpaired) electrons. The molecule has 4 heteroatoms. The third-order valence-electron chi connectivity index (χ3n) is 3.01. The van der Waals surface area contributed by atoms with Gasteiger partial charge in [-0.15, -0.1) is 0 Å². The van der Waals surface area contributed by atoms with Crippen molar-refractivity contribution in [1.29, 1.82) is 0 Å². The number of aromatic nitrogens is 1. The predicted octanol–water partition coefficient (Wildman–Crippen LogP) is 3.03. The number of halogens is 1. The van der Waals surface area contributed by atoms with Crippen molar-refractivity contribution in [3.05, 3.63) is 58.3 Å². The summed E-state index contributed by atoms with van der Waals surface area (Å²) in [6.45, 7) is 3.36. The van der Waals surface area contributed by atoms with Gasteiger partial charge in [0.25, 0.3) is 0 Å². The molecule has 0 amide bonds. The van der Waals surface area contributed by atoms with Gasteiger partial charge in [0, 0.05) is 43.1 Å². The van der Waals surface area contributed by atoms with Crippen molar-refractivity contribution in [2.24, 2.45) is 0 Å². The van der Waals surface area contributed by atoms with Crippen molar-refractivity contribution in [1.82, 2.24) is 9.88 Å². The second-order valence-electron chi connectivity index (χ2n) is 4.39. The Hall–Kier alpha value is -1.10. The van der Waals surface area contributed by atoms with Gasteiger partial charge in [-0.1, -0.05) is 34.1 Å². The molecule has 0 aliphatic heterocycles. The molecule has 0 bridgehead atoms. The summed E-state index contributed by atoms with van der Waals surface area (Å²) in [6.07, 6.45) is 2.12. The quantitative estimate of drug-likeness (QED) is 0.793. The van der Waals surface area contributed by atoms with Gasteiger partial charge in [-0.25, -0.2) is 0 Å². The Morgan fingerprint density at radius 1 is 1.21 bits per heavy atom. The molecule has 3 nitrogen and oxygen atoms in total. The van der Waals surface area contributed by atoms with Crippen LogP contribution >= 0.6 is 15.9 Å². The van der Waals surface area contributed by atoms with E-state index in [9.17, 15) is 0 Å². The number of nitrogens with zero attached hydrogens (tertiary/aromatic N) is 1. The minimum Gasteiger partial charge on any atom is -0.383 e. The Morgan fingerprint density at radius 3 is 2.84 bits per heavy atom. The number of benzene rings is 1. The van der Waals surface area contributed by atoms with Crippen LogP contribution in [0.15, 0.2) is 47.1 Å². The first kappa shape index (κ1) is 14.3. The van der Waals surface area contributed by atoms with Gasteiger partial charge >= 0.3 is 0 Å². The molecule has 102 valence electrons. The monoisotopic (exact) mass is 322 g/mol. The van der Waals surface area contributed by atoms with Gasteiger partial charge in [-0.05, 0) is 23.8 Å². The molecule has 19 heavy (non-hydrogen) atoms. The molecule has 0 aliphatic carbocycles. The van der Waals surface area contributed by atoms with Crippen LogP contribution in [0.2, 0.25) is 0 Å². The summed E-state index contributed by atoms with van der Waals surface area (Å²) in [5, 5.41) is 3.37. The zero-order valence-corrected chi connectivity index (χ0v) is 12.7. The zero-order chi connectivity index (χ0) is 13.5. The normalized spacial score (nSPS) is 10.8. The molecule has 0 fully saturated rings. The fourth-order valence-electron chi connectivity index (χ4n) is 1.97. The molecule has 1 aromatic carbocycles. The third-order valence-corrected chi connectivity index (χ3v) is 3.78. The van der Waals surface area contributed by atoms with E-state index >= 15 is 0 Å². The van der Waals surface area contributed by atoms with Crippen molar-refractivity contribution in [3.63, 3.8) is 0 Å². The second-order valence-corrected chi connectivity index (χ2v) is 5.24. The number of ether oxygens (including phenoxy) is 1. The van der Waals surface area contributed by atoms with E-state index in [2.05, 4.69) is 62.3 Å². The highest BCUT2D eigenvalue weighted by Crippen LogP contribution is 2.18. The summed E-state index contributed by atoms with van der Waals surface area (Å²) in [7, 11) is 1.72. The molecular formula is C15H19BrN2O. The van der Waals surface area contributed by atoms with E-state index in [0.29, 0.717) is 0 Å². The second kappa shape index (κ2) is 7.48. The van der Waals surface area contributed by atoms with Crippen LogP contribution in [0.3, 0.4) is 0 Å². The SMILES string of the molecule is COCCNCc1cccn1Cc1ccccc1Br. The molecule has 1 aromatic heterocycles. The van der Waals surface area contributed by atoms with E-state index in [-0.39, 0.29) is 0 Å². The summed E-state index contributed by atoms with van der Waals surface area (Å²) < 4.78 is 8.45. The number of hydrogen-bond acceptors (Lipinski definition) is 2. The van der Waals surface area contributed by atoms with Gasteiger partial charge in [0.1, 0.15) is 0 Å². The number of rotatable bonds is 7. The lowest BCUT2D eigenvalue weighted by atomic mass is 10.2. The van der Waals surface area contributed by atoms with Crippen molar-refractivity contribution in [3.8, 4) is 0 Å². The zero-order valence-electron chi connectivity index (χ0n) is 11.1. The summed E-state index contributed by atoms with van der Waals surface area (Å²) >= 11 is 3.59. The lowest BCUT2D eigenvalue weighted by molar-refractivity contribution is 0.199. The summed E-state index contributed by atoms with van der Waals surface area (Å²) in [5.41, 5.74) is 2.57. The topological polar surface area (TPSA) is 26.2 Å². The third kappa shape index (κ3) is 4.20. The molecule has 0 aliphatic rings. The van der Waals surface area contributed by atoms with E-state index in [4.69, 9.17) is 4.74 Å². The Balaban J connectivity index is 1.98. The minimum absolute atomic E-state index is 0.741. The van der Waals surface area contributed by atoms with Crippen LogP contribution < -0.4 is 5.32 Å². The lowest BCUT2D eigenvalue weighted by Gasteiger charge is -2.11. The molecule has 0 spiro atoms. The van der Waals surface area contributed by atoms with Crippen molar-refractivity contribution in [2.45, 2.75) is 13.1 Å². The molecule has 0 saturated carbocycles. The molecule has 0 saturated heterocycles. The first-order chi connectivity index (χ1) is 9.31. The Labute approximate surface area is 122 Å². The molecule has 0 atom stereocenters. The largest absolute Gasteiger partial charge is 0.383 e. The Morgan fingerprint density at radius 2 is 2.05 bits per heavy atom. The van der Waals surface area contributed by atoms with Crippen LogP contribution in [0, 0.1) is 0 Å². The van der Waals surface area contributed by atoms with Gasteiger partial charge in [0.05, 0.1) is 6.61 Å². The van der Waals surface area contributed by atoms with E-state index < -0.39 is 0 Å². The average Bonchev–Trinajstić information content (AvgIpc) is 2.85. The molecule has 2 aromatic rings. The van der Waals surface area contributed by atoms with Crippen LogP contribution in [0.25, 0.3) is 0 Å². The minimum atomic E-state index is 0.741. The highest BCUT2D eigenvalue weighted by molar-refractivity contribution is 9.10. The van der Waals surface area contributed by atoms with Crippen LogP contribution in [0.5, 0.6) is 0 Å². The Kier molecular flexibility index (Phi) is 5.63. The van der Waals surface area contributed by atoms with Gasteiger partial charge in [0.2, 0.25) is 0 Å². The molecule has 2 rings (SSSR count). The van der Waals surface area contributed by atoms with Gasteiger partial charge in [0.15, 0.2) is 0 Å². The van der Waals surface area contributed by atoms with Gasteiger partial charge < -0.3 is 14.6 Å². The van der Waals surface area contributed by atoms with Gasteiger partial charge in [-0.2, -0.15) is 0 Å². The fourth-order valence-corrected chi connectivity index (χ4v) is 2.38. The lowest BCUT2D eigenvalue weighted by Crippen LogP contribution is -2.20. The van der Waals surface area contributed by atoms with Crippen LogP contribution in [-0.2, 0) is 17.8 Å².